The molecule has 5 nitrogen and oxygen atoms in total. The lowest BCUT2D eigenvalue weighted by molar-refractivity contribution is -0.141. The molecule has 3 N–H and O–H groups in total. The lowest BCUT2D eigenvalue weighted by Gasteiger charge is -2.03. The van der Waals surface area contributed by atoms with E-state index in [0.29, 0.717) is 0 Å². The maximum Gasteiger partial charge on any atom is 0.436 e. The molecule has 0 bridgehead atoms. The van der Waals surface area contributed by atoms with Gasteiger partial charge in [0.25, 0.3) is 0 Å². The number of anilines is 1. The molecule has 2 aromatic rings. The third-order valence-electron chi connectivity index (χ3n) is 4.79. The number of nitrogens with zero attached hydrogens (tertiary/aromatic N) is 2. The van der Waals surface area contributed by atoms with E-state index < -0.39 is 23.4 Å². The number of carbonyl (C=O) groups is 1. The second kappa shape index (κ2) is 6.66. The summed E-state index contributed by atoms with van der Waals surface area (Å²) in [5.41, 5.74) is 6.13. The number of nitrogen functional groups attached to an aromatic ring is 1. The van der Waals surface area contributed by atoms with E-state index in [1.165, 1.54) is 31.9 Å². The van der Waals surface area contributed by atoms with E-state index in [0.717, 1.165) is 34.3 Å². The van der Waals surface area contributed by atoms with Crippen molar-refractivity contribution in [3.8, 4) is 0 Å². The smallest absolute Gasteiger partial charge is 0.436 e. The van der Waals surface area contributed by atoms with Crippen LogP contribution in [0.15, 0.2) is 30.5 Å². The first-order valence-corrected chi connectivity index (χ1v) is 8.37. The van der Waals surface area contributed by atoms with Crippen molar-refractivity contribution in [3.05, 3.63) is 47.3 Å². The van der Waals surface area contributed by atoms with Crippen molar-refractivity contribution in [2.24, 2.45) is 18.9 Å². The molecule has 0 saturated heterocycles. The summed E-state index contributed by atoms with van der Waals surface area (Å²) in [7, 11) is 1.22. The molecular formula is C18H20F3N3O2. The quantitative estimate of drug-likeness (QED) is 0.806. The maximum atomic E-state index is 12.1. The first-order chi connectivity index (χ1) is 12.2. The lowest BCUT2D eigenvalue weighted by atomic mass is 10.1. The molecule has 1 heterocycles. The van der Waals surface area contributed by atoms with Crippen molar-refractivity contribution < 1.29 is 23.1 Å². The van der Waals surface area contributed by atoms with Crippen LogP contribution in [0.5, 0.6) is 0 Å². The molecule has 2 fully saturated rings. The Kier molecular flexibility index (Phi) is 4.68. The Hall–Kier alpha value is -2.51. The molecule has 2 aliphatic carbocycles. The van der Waals surface area contributed by atoms with E-state index >= 15 is 0 Å². The highest BCUT2D eigenvalue weighted by molar-refractivity contribution is 5.88. The van der Waals surface area contributed by atoms with Crippen LogP contribution in [0.1, 0.15) is 46.8 Å². The van der Waals surface area contributed by atoms with Gasteiger partial charge in [0, 0.05) is 18.9 Å². The van der Waals surface area contributed by atoms with Gasteiger partial charge >= 0.3 is 12.1 Å². The van der Waals surface area contributed by atoms with Gasteiger partial charge < -0.3 is 10.8 Å². The molecule has 1 aromatic heterocycles. The molecule has 1 aromatic carbocycles. The Morgan fingerprint density at radius 2 is 1.96 bits per heavy atom. The number of benzene rings is 1. The van der Waals surface area contributed by atoms with Crippen LogP contribution in [0.2, 0.25) is 0 Å². The van der Waals surface area contributed by atoms with Gasteiger partial charge in [0.1, 0.15) is 5.56 Å². The van der Waals surface area contributed by atoms with Crippen molar-refractivity contribution in [2.45, 2.75) is 31.4 Å². The number of aromatic nitrogens is 2. The van der Waals surface area contributed by atoms with E-state index in [2.05, 4.69) is 17.2 Å². The van der Waals surface area contributed by atoms with Gasteiger partial charge in [-0.2, -0.15) is 18.3 Å². The Bertz CT molecular complexity index is 812. The van der Waals surface area contributed by atoms with Crippen LogP contribution in [0, 0.1) is 11.8 Å². The van der Waals surface area contributed by atoms with Gasteiger partial charge in [0.2, 0.25) is 0 Å². The first kappa shape index (κ1) is 18.3. The summed E-state index contributed by atoms with van der Waals surface area (Å²) in [6.07, 6.45) is 0.404. The molecule has 140 valence electrons. The molecule has 2 saturated carbocycles. The number of halogens is 3. The monoisotopic (exact) mass is 367 g/mol. The average molecular weight is 367 g/mol. The van der Waals surface area contributed by atoms with Crippen LogP contribution in [-0.4, -0.2) is 20.9 Å². The molecule has 4 rings (SSSR count). The normalized spacial score (nSPS) is 21.7. The van der Waals surface area contributed by atoms with Crippen molar-refractivity contribution in [3.63, 3.8) is 0 Å². The number of hydrogen-bond acceptors (Lipinski definition) is 3. The van der Waals surface area contributed by atoms with Crippen molar-refractivity contribution in [2.75, 3.05) is 5.73 Å². The third kappa shape index (κ3) is 4.00. The molecule has 2 aliphatic rings. The molecule has 0 aliphatic heterocycles. The Balaban J connectivity index is 0.000000151. The lowest BCUT2D eigenvalue weighted by Crippen LogP contribution is -2.12. The summed E-state index contributed by atoms with van der Waals surface area (Å²) >= 11 is 0. The number of carboxylic acids is 1. The Morgan fingerprint density at radius 1 is 1.31 bits per heavy atom. The molecular weight excluding hydrogens is 347 g/mol. The Morgan fingerprint density at radius 3 is 2.46 bits per heavy atom. The molecule has 0 amide bonds. The van der Waals surface area contributed by atoms with Crippen LogP contribution < -0.4 is 5.73 Å². The molecule has 8 heteroatoms. The molecule has 2 atom stereocenters. The molecule has 0 radical (unpaired) electrons. The zero-order valence-corrected chi connectivity index (χ0v) is 14.2. The number of nitrogens with two attached hydrogens (primary N) is 1. The van der Waals surface area contributed by atoms with Crippen molar-refractivity contribution >= 4 is 11.7 Å². The fourth-order valence-corrected chi connectivity index (χ4v) is 3.32. The molecule has 2 unspecified atom stereocenters. The number of aromatic carboxylic acids is 1. The van der Waals surface area contributed by atoms with Gasteiger partial charge in [-0.05, 0) is 48.6 Å². The third-order valence-corrected chi connectivity index (χ3v) is 4.79. The highest BCUT2D eigenvalue weighted by Gasteiger charge is 2.48. The summed E-state index contributed by atoms with van der Waals surface area (Å²) in [6.45, 7) is 0. The second-order valence-electron chi connectivity index (χ2n) is 6.84. The second-order valence-corrected chi connectivity index (χ2v) is 6.84. The highest BCUT2D eigenvalue weighted by Crippen LogP contribution is 2.60. The van der Waals surface area contributed by atoms with Gasteiger partial charge in [-0.1, -0.05) is 18.2 Å². The molecule has 0 spiro atoms. The predicted octanol–water partition coefficient (Wildman–Crippen LogP) is 3.92. The number of para-hydroxylation sites is 1. The summed E-state index contributed by atoms with van der Waals surface area (Å²) in [5.74, 6) is 1.18. The van der Waals surface area contributed by atoms with Crippen LogP contribution in [0.3, 0.4) is 0 Å². The van der Waals surface area contributed by atoms with Crippen molar-refractivity contribution in [1.82, 2.24) is 9.78 Å². The predicted molar refractivity (Wildman–Crippen MR) is 89.6 cm³/mol. The molecule has 26 heavy (non-hydrogen) atoms. The largest absolute Gasteiger partial charge is 0.478 e. The topological polar surface area (TPSA) is 81.1 Å². The van der Waals surface area contributed by atoms with Gasteiger partial charge in [-0.3, -0.25) is 4.68 Å². The van der Waals surface area contributed by atoms with Crippen LogP contribution in [0.25, 0.3) is 0 Å². The summed E-state index contributed by atoms with van der Waals surface area (Å²) < 4.78 is 37.1. The van der Waals surface area contributed by atoms with E-state index in [1.807, 2.05) is 12.1 Å². The minimum atomic E-state index is -4.73. The van der Waals surface area contributed by atoms with Crippen LogP contribution in [0.4, 0.5) is 18.9 Å². The van der Waals surface area contributed by atoms with Crippen LogP contribution in [-0.2, 0) is 13.2 Å². The fourth-order valence-electron chi connectivity index (χ4n) is 3.32. The van der Waals surface area contributed by atoms with E-state index in [-0.39, 0.29) is 0 Å². The van der Waals surface area contributed by atoms with Gasteiger partial charge in [0.15, 0.2) is 5.69 Å². The van der Waals surface area contributed by atoms with E-state index in [1.54, 1.807) is 0 Å². The summed E-state index contributed by atoms with van der Waals surface area (Å²) in [6, 6.07) is 8.35. The number of alkyl halides is 3. The summed E-state index contributed by atoms with van der Waals surface area (Å²) in [5, 5.41) is 11.4. The van der Waals surface area contributed by atoms with E-state index in [9.17, 15) is 18.0 Å². The maximum absolute atomic E-state index is 12.1. The van der Waals surface area contributed by atoms with E-state index in [4.69, 9.17) is 10.8 Å². The standard InChI is InChI=1S/C12H15N.C6H5F3N2O2/c13-12-4-2-1-3-9(12)11-7-10(11)8-5-6-8;1-11-2-3(5(12)13)4(10-11)6(7,8)9/h1-4,8,10-11H,5-7,13H2;2H,1H3,(H,12,13). The van der Waals surface area contributed by atoms with Crippen molar-refractivity contribution in [1.29, 1.82) is 0 Å². The zero-order valence-electron chi connectivity index (χ0n) is 14.2. The van der Waals surface area contributed by atoms with Gasteiger partial charge in [-0.15, -0.1) is 0 Å². The van der Waals surface area contributed by atoms with Crippen LogP contribution >= 0.6 is 0 Å². The SMILES string of the molecule is Cn1cc(C(=O)O)c(C(F)(F)F)n1.Nc1ccccc1C1CC1C1CC1. The minimum absolute atomic E-state index is 0.800. The first-order valence-electron chi connectivity index (χ1n) is 8.37. The average Bonchev–Trinajstić information content (AvgIpc) is 3.44. The zero-order chi connectivity index (χ0) is 19.1. The minimum Gasteiger partial charge on any atom is -0.478 e. The number of carboxylic acid groups (broad SMARTS) is 1. The summed E-state index contributed by atoms with van der Waals surface area (Å²) in [4.78, 5) is 10.3. The highest BCUT2D eigenvalue weighted by atomic mass is 19.4. The number of rotatable bonds is 3. The van der Waals surface area contributed by atoms with Gasteiger partial charge in [0.05, 0.1) is 0 Å². The number of hydrogen-bond donors (Lipinski definition) is 2. The van der Waals surface area contributed by atoms with Gasteiger partial charge in [-0.25, -0.2) is 4.79 Å². The fraction of sp³-hybridized carbons (Fsp3) is 0.444. The Labute approximate surface area is 148 Å². The number of aryl methyl sites for hydroxylation is 1.